The van der Waals surface area contributed by atoms with Crippen LogP contribution in [0.1, 0.15) is 12.8 Å². The largest absolute Gasteiger partial charge is 0.317 e. The van der Waals surface area contributed by atoms with Crippen molar-refractivity contribution in [2.45, 2.75) is 12.8 Å². The molecule has 66 valence electrons. The van der Waals surface area contributed by atoms with Crippen LogP contribution in [0.5, 0.6) is 0 Å². The van der Waals surface area contributed by atoms with Crippen LogP contribution < -0.4 is 5.32 Å². The third kappa shape index (κ3) is 1.35. The molecule has 0 atom stereocenters. The Morgan fingerprint density at radius 3 is 2.58 bits per heavy atom. The van der Waals surface area contributed by atoms with E-state index in [2.05, 4.69) is 16.1 Å². The Morgan fingerprint density at radius 2 is 2.00 bits per heavy atom. The summed E-state index contributed by atoms with van der Waals surface area (Å²) in [6.45, 7) is 5.71. The average Bonchev–Trinajstić information content (AvgIpc) is 2.04. The number of piperidine rings is 1. The van der Waals surface area contributed by atoms with Gasteiger partial charge in [-0.05, 0) is 31.3 Å². The maximum absolute atomic E-state index is 5.25. The number of hydrogen-bond donors (Lipinski definition) is 1. The van der Waals surface area contributed by atoms with Gasteiger partial charge in [0.25, 0.3) is 0 Å². The molecule has 2 aliphatic rings. The quantitative estimate of drug-likeness (QED) is 0.561. The molecule has 0 aliphatic carbocycles. The molecule has 2 aliphatic heterocycles. The molecule has 0 aromatic carbocycles. The van der Waals surface area contributed by atoms with E-state index in [0.717, 1.165) is 6.54 Å². The van der Waals surface area contributed by atoms with E-state index in [1.165, 1.54) is 39.0 Å². The Balaban J connectivity index is 1.81. The van der Waals surface area contributed by atoms with Crippen molar-refractivity contribution < 1.29 is 0 Å². The predicted octanol–water partition coefficient (Wildman–Crippen LogP) is 0.305. The minimum Gasteiger partial charge on any atom is -0.317 e. The third-order valence-electron chi connectivity index (χ3n) is 3.10. The summed E-state index contributed by atoms with van der Waals surface area (Å²) >= 11 is 0. The van der Waals surface area contributed by atoms with E-state index >= 15 is 0 Å². The standard InChI is InChI=1S/C10H16N2/c1-2-7-12-8-10(9-12)3-5-11-6-4-10/h1,11H,3-9H2. The summed E-state index contributed by atoms with van der Waals surface area (Å²) in [4.78, 5) is 2.37. The SMILES string of the molecule is C#CCN1CC2(CCNCC2)C1. The second kappa shape index (κ2) is 3.08. The van der Waals surface area contributed by atoms with E-state index in [1.807, 2.05) is 0 Å². The lowest BCUT2D eigenvalue weighted by Gasteiger charge is -2.52. The molecular weight excluding hydrogens is 148 g/mol. The molecule has 0 amide bonds. The number of rotatable bonds is 1. The minimum absolute atomic E-state index is 0.641. The molecule has 0 aromatic rings. The van der Waals surface area contributed by atoms with Gasteiger partial charge in [0.15, 0.2) is 0 Å². The van der Waals surface area contributed by atoms with Gasteiger partial charge in [0.2, 0.25) is 0 Å². The average molecular weight is 164 g/mol. The lowest BCUT2D eigenvalue weighted by molar-refractivity contribution is -0.0131. The number of likely N-dealkylation sites (tertiary alicyclic amines) is 1. The van der Waals surface area contributed by atoms with Crippen LogP contribution >= 0.6 is 0 Å². The van der Waals surface area contributed by atoms with Gasteiger partial charge in [0.1, 0.15) is 0 Å². The summed E-state index contributed by atoms with van der Waals surface area (Å²) in [7, 11) is 0. The van der Waals surface area contributed by atoms with Gasteiger partial charge in [-0.1, -0.05) is 5.92 Å². The summed E-state index contributed by atoms with van der Waals surface area (Å²) in [5, 5.41) is 3.40. The first-order valence-electron chi connectivity index (χ1n) is 4.71. The zero-order valence-corrected chi connectivity index (χ0v) is 7.47. The van der Waals surface area contributed by atoms with Crippen molar-refractivity contribution >= 4 is 0 Å². The van der Waals surface area contributed by atoms with E-state index < -0.39 is 0 Å². The Morgan fingerprint density at radius 1 is 1.33 bits per heavy atom. The predicted molar refractivity (Wildman–Crippen MR) is 49.8 cm³/mol. The monoisotopic (exact) mass is 164 g/mol. The molecule has 2 rings (SSSR count). The molecule has 0 aromatic heterocycles. The smallest absolute Gasteiger partial charge is 0.0599 e. The lowest BCUT2D eigenvalue weighted by Crippen LogP contribution is -2.59. The molecule has 1 N–H and O–H groups in total. The fourth-order valence-corrected chi connectivity index (χ4v) is 2.42. The zero-order chi connectivity index (χ0) is 8.44. The normalized spacial score (nSPS) is 27.9. The zero-order valence-electron chi connectivity index (χ0n) is 7.47. The van der Waals surface area contributed by atoms with Crippen molar-refractivity contribution in [2.24, 2.45) is 5.41 Å². The van der Waals surface area contributed by atoms with Crippen molar-refractivity contribution in [2.75, 3.05) is 32.7 Å². The summed E-state index contributed by atoms with van der Waals surface area (Å²) in [5.74, 6) is 2.70. The molecular formula is C10H16N2. The number of terminal acetylenes is 1. The first kappa shape index (κ1) is 8.10. The van der Waals surface area contributed by atoms with Gasteiger partial charge in [-0.2, -0.15) is 0 Å². The molecule has 2 saturated heterocycles. The van der Waals surface area contributed by atoms with E-state index in [4.69, 9.17) is 6.42 Å². The highest BCUT2D eigenvalue weighted by Crippen LogP contribution is 2.37. The molecule has 0 saturated carbocycles. The van der Waals surface area contributed by atoms with Gasteiger partial charge in [0, 0.05) is 13.1 Å². The highest BCUT2D eigenvalue weighted by atomic mass is 15.2. The van der Waals surface area contributed by atoms with Crippen LogP contribution in [0, 0.1) is 17.8 Å². The van der Waals surface area contributed by atoms with Crippen molar-refractivity contribution in [3.05, 3.63) is 0 Å². The maximum atomic E-state index is 5.25. The Labute approximate surface area is 74.3 Å². The third-order valence-corrected chi connectivity index (χ3v) is 3.10. The summed E-state index contributed by atoms with van der Waals surface area (Å²) in [5.41, 5.74) is 0.641. The molecule has 2 nitrogen and oxygen atoms in total. The molecule has 0 unspecified atom stereocenters. The Hall–Kier alpha value is -0.520. The topological polar surface area (TPSA) is 15.3 Å². The van der Waals surface area contributed by atoms with Crippen LogP contribution in [-0.4, -0.2) is 37.6 Å². The minimum atomic E-state index is 0.641. The molecule has 2 heterocycles. The van der Waals surface area contributed by atoms with Crippen molar-refractivity contribution in [1.82, 2.24) is 10.2 Å². The van der Waals surface area contributed by atoms with Crippen molar-refractivity contribution in [3.8, 4) is 12.3 Å². The highest BCUT2D eigenvalue weighted by Gasteiger charge is 2.42. The highest BCUT2D eigenvalue weighted by molar-refractivity contribution is 5.01. The van der Waals surface area contributed by atoms with Crippen molar-refractivity contribution in [1.29, 1.82) is 0 Å². The van der Waals surface area contributed by atoms with E-state index in [-0.39, 0.29) is 0 Å². The fraction of sp³-hybridized carbons (Fsp3) is 0.800. The molecule has 12 heavy (non-hydrogen) atoms. The van der Waals surface area contributed by atoms with Gasteiger partial charge < -0.3 is 5.32 Å². The maximum Gasteiger partial charge on any atom is 0.0599 e. The van der Waals surface area contributed by atoms with E-state index in [9.17, 15) is 0 Å². The van der Waals surface area contributed by atoms with Crippen LogP contribution in [0.15, 0.2) is 0 Å². The van der Waals surface area contributed by atoms with E-state index in [1.54, 1.807) is 0 Å². The van der Waals surface area contributed by atoms with Gasteiger partial charge in [0.05, 0.1) is 6.54 Å². The molecule has 2 fully saturated rings. The van der Waals surface area contributed by atoms with Crippen molar-refractivity contribution in [3.63, 3.8) is 0 Å². The number of hydrogen-bond acceptors (Lipinski definition) is 2. The first-order chi connectivity index (χ1) is 5.85. The lowest BCUT2D eigenvalue weighted by atomic mass is 9.72. The van der Waals surface area contributed by atoms with Gasteiger partial charge in [-0.3, -0.25) is 4.90 Å². The number of nitrogens with zero attached hydrogens (tertiary/aromatic N) is 1. The number of nitrogens with one attached hydrogen (secondary N) is 1. The van der Waals surface area contributed by atoms with E-state index in [0.29, 0.717) is 5.41 Å². The Bertz CT molecular complexity index is 190. The fourth-order valence-electron chi connectivity index (χ4n) is 2.42. The molecule has 1 spiro atoms. The molecule has 0 radical (unpaired) electrons. The van der Waals surface area contributed by atoms with Crippen LogP contribution in [-0.2, 0) is 0 Å². The van der Waals surface area contributed by atoms with Gasteiger partial charge >= 0.3 is 0 Å². The molecule has 0 bridgehead atoms. The second-order valence-electron chi connectivity index (χ2n) is 4.10. The Kier molecular flexibility index (Phi) is 2.08. The summed E-state index contributed by atoms with van der Waals surface area (Å²) in [6.07, 6.45) is 7.94. The van der Waals surface area contributed by atoms with Crippen LogP contribution in [0.4, 0.5) is 0 Å². The summed E-state index contributed by atoms with van der Waals surface area (Å²) in [6, 6.07) is 0. The molecule has 2 heteroatoms. The second-order valence-corrected chi connectivity index (χ2v) is 4.10. The van der Waals surface area contributed by atoms with Crippen LogP contribution in [0.2, 0.25) is 0 Å². The summed E-state index contributed by atoms with van der Waals surface area (Å²) < 4.78 is 0. The van der Waals surface area contributed by atoms with Gasteiger partial charge in [-0.15, -0.1) is 6.42 Å². The van der Waals surface area contributed by atoms with Crippen LogP contribution in [0.25, 0.3) is 0 Å². The first-order valence-corrected chi connectivity index (χ1v) is 4.71. The van der Waals surface area contributed by atoms with Gasteiger partial charge in [-0.25, -0.2) is 0 Å². The van der Waals surface area contributed by atoms with Crippen LogP contribution in [0.3, 0.4) is 0 Å².